The van der Waals surface area contributed by atoms with Crippen molar-refractivity contribution in [3.8, 4) is 6.07 Å². The van der Waals surface area contributed by atoms with Gasteiger partial charge < -0.3 is 0 Å². The SMILES string of the molecule is N#CC(C(=O)c1cc(Br)c(Br)s1)c1ccc(Cl)c(Cl)c1. The second-order valence-corrected chi connectivity index (χ2v) is 7.87. The third kappa shape index (κ3) is 3.26. The van der Waals surface area contributed by atoms with Crippen LogP contribution in [0.25, 0.3) is 0 Å². The van der Waals surface area contributed by atoms with Gasteiger partial charge in [-0.3, -0.25) is 4.79 Å². The van der Waals surface area contributed by atoms with E-state index in [9.17, 15) is 10.1 Å². The summed E-state index contributed by atoms with van der Waals surface area (Å²) in [6.07, 6.45) is 0. The number of rotatable bonds is 3. The summed E-state index contributed by atoms with van der Waals surface area (Å²) in [5.74, 6) is -1.16. The maximum atomic E-state index is 12.4. The maximum absolute atomic E-state index is 12.4. The number of ketones is 1. The van der Waals surface area contributed by atoms with Crippen molar-refractivity contribution in [3.05, 3.63) is 53.0 Å². The van der Waals surface area contributed by atoms with Crippen molar-refractivity contribution in [1.82, 2.24) is 0 Å². The Morgan fingerprint density at radius 2 is 1.95 bits per heavy atom. The van der Waals surface area contributed by atoms with Crippen LogP contribution in [0.2, 0.25) is 10.0 Å². The molecule has 1 atom stereocenters. The normalized spacial score (nSPS) is 11.9. The molecule has 1 aromatic carbocycles. The number of halogens is 4. The molecule has 0 radical (unpaired) electrons. The minimum absolute atomic E-state index is 0.262. The summed E-state index contributed by atoms with van der Waals surface area (Å²) >= 11 is 19.7. The predicted molar refractivity (Wildman–Crippen MR) is 88.9 cm³/mol. The summed E-state index contributed by atoms with van der Waals surface area (Å²) in [5, 5.41) is 10.00. The van der Waals surface area contributed by atoms with Gasteiger partial charge >= 0.3 is 0 Å². The van der Waals surface area contributed by atoms with Gasteiger partial charge in [-0.25, -0.2) is 0 Å². The Labute approximate surface area is 146 Å². The zero-order valence-electron chi connectivity index (χ0n) is 9.66. The molecule has 20 heavy (non-hydrogen) atoms. The van der Waals surface area contributed by atoms with Crippen LogP contribution in [0.4, 0.5) is 0 Å². The smallest absolute Gasteiger partial charge is 0.194 e. The highest BCUT2D eigenvalue weighted by Gasteiger charge is 2.24. The first kappa shape index (κ1) is 16.0. The molecule has 0 aliphatic rings. The fourth-order valence-corrected chi connectivity index (χ4v) is 3.90. The van der Waals surface area contributed by atoms with E-state index in [4.69, 9.17) is 23.2 Å². The van der Waals surface area contributed by atoms with E-state index < -0.39 is 5.92 Å². The van der Waals surface area contributed by atoms with Crippen LogP contribution in [0.1, 0.15) is 21.2 Å². The minimum atomic E-state index is -0.901. The molecule has 0 saturated carbocycles. The van der Waals surface area contributed by atoms with Gasteiger partial charge in [0, 0.05) is 4.47 Å². The first-order valence-electron chi connectivity index (χ1n) is 5.27. The van der Waals surface area contributed by atoms with Gasteiger partial charge in [-0.2, -0.15) is 5.26 Å². The van der Waals surface area contributed by atoms with E-state index >= 15 is 0 Å². The van der Waals surface area contributed by atoms with Crippen LogP contribution >= 0.6 is 66.4 Å². The Bertz CT molecular complexity index is 704. The van der Waals surface area contributed by atoms with Gasteiger partial charge in [0.15, 0.2) is 5.78 Å². The lowest BCUT2D eigenvalue weighted by molar-refractivity contribution is 0.0983. The lowest BCUT2D eigenvalue weighted by Crippen LogP contribution is -2.09. The molecule has 2 rings (SSSR count). The Kier molecular flexibility index (Phi) is 5.27. The molecule has 1 unspecified atom stereocenters. The Morgan fingerprint density at radius 3 is 2.45 bits per heavy atom. The van der Waals surface area contributed by atoms with E-state index in [1.165, 1.54) is 11.3 Å². The third-order valence-electron chi connectivity index (χ3n) is 2.56. The lowest BCUT2D eigenvalue weighted by atomic mass is 9.95. The molecule has 0 aliphatic carbocycles. The summed E-state index contributed by atoms with van der Waals surface area (Å²) < 4.78 is 1.60. The van der Waals surface area contributed by atoms with Crippen molar-refractivity contribution in [2.75, 3.05) is 0 Å². The van der Waals surface area contributed by atoms with Crippen LogP contribution < -0.4 is 0 Å². The van der Waals surface area contributed by atoms with Crippen molar-refractivity contribution in [1.29, 1.82) is 5.26 Å². The van der Waals surface area contributed by atoms with E-state index in [1.807, 2.05) is 6.07 Å². The van der Waals surface area contributed by atoms with Crippen LogP contribution in [0.3, 0.4) is 0 Å². The van der Waals surface area contributed by atoms with Crippen molar-refractivity contribution in [2.24, 2.45) is 0 Å². The molecule has 0 amide bonds. The molecule has 0 spiro atoms. The zero-order chi connectivity index (χ0) is 14.9. The first-order valence-corrected chi connectivity index (χ1v) is 8.43. The molecule has 0 N–H and O–H groups in total. The monoisotopic (exact) mass is 451 g/mol. The number of hydrogen-bond donors (Lipinski definition) is 0. The highest BCUT2D eigenvalue weighted by atomic mass is 79.9. The molecule has 0 fully saturated rings. The fourth-order valence-electron chi connectivity index (χ4n) is 1.59. The predicted octanol–water partition coefficient (Wildman–Crippen LogP) is 6.07. The van der Waals surface area contributed by atoms with Crippen molar-refractivity contribution in [2.45, 2.75) is 5.92 Å². The van der Waals surface area contributed by atoms with Crippen molar-refractivity contribution in [3.63, 3.8) is 0 Å². The van der Waals surface area contributed by atoms with Crippen molar-refractivity contribution >= 4 is 72.2 Å². The second-order valence-electron chi connectivity index (χ2n) is 3.83. The molecule has 0 aliphatic heterocycles. The van der Waals surface area contributed by atoms with E-state index in [2.05, 4.69) is 31.9 Å². The molecule has 1 aromatic heterocycles. The average molecular weight is 454 g/mol. The highest BCUT2D eigenvalue weighted by Crippen LogP contribution is 2.35. The van der Waals surface area contributed by atoms with Crippen LogP contribution in [-0.4, -0.2) is 5.78 Å². The molecular weight excluding hydrogens is 449 g/mol. The van der Waals surface area contributed by atoms with Crippen LogP contribution in [0.5, 0.6) is 0 Å². The summed E-state index contributed by atoms with van der Waals surface area (Å²) in [7, 11) is 0. The van der Waals surface area contributed by atoms with E-state index in [-0.39, 0.29) is 5.78 Å². The summed E-state index contributed by atoms with van der Waals surface area (Å²) in [6.45, 7) is 0. The lowest BCUT2D eigenvalue weighted by Gasteiger charge is -2.08. The number of thiophene rings is 1. The zero-order valence-corrected chi connectivity index (χ0v) is 15.2. The Balaban J connectivity index is 2.39. The quantitative estimate of drug-likeness (QED) is 0.529. The first-order chi connectivity index (χ1) is 9.43. The second kappa shape index (κ2) is 6.59. The summed E-state index contributed by atoms with van der Waals surface area (Å²) in [4.78, 5) is 12.9. The van der Waals surface area contributed by atoms with E-state index in [0.29, 0.717) is 20.5 Å². The van der Waals surface area contributed by atoms with Gasteiger partial charge in [-0.05, 0) is 55.6 Å². The topological polar surface area (TPSA) is 40.9 Å². The molecule has 0 saturated heterocycles. The number of carbonyl (C=O) groups is 1. The molecule has 0 bridgehead atoms. The largest absolute Gasteiger partial charge is 0.291 e. The minimum Gasteiger partial charge on any atom is -0.291 e. The molecule has 7 heteroatoms. The van der Waals surface area contributed by atoms with Gasteiger partial charge in [-0.15, -0.1) is 11.3 Å². The number of Topliss-reactive ketones (excluding diaryl/α,β-unsaturated/α-hetero) is 1. The van der Waals surface area contributed by atoms with Crippen LogP contribution in [0, 0.1) is 11.3 Å². The van der Waals surface area contributed by atoms with Crippen LogP contribution in [0.15, 0.2) is 32.5 Å². The van der Waals surface area contributed by atoms with E-state index in [0.717, 1.165) is 8.26 Å². The van der Waals surface area contributed by atoms with Gasteiger partial charge in [0.25, 0.3) is 0 Å². The Hall–Kier alpha value is -0.380. The fraction of sp³-hybridized carbons (Fsp3) is 0.0769. The third-order valence-corrected chi connectivity index (χ3v) is 6.57. The maximum Gasteiger partial charge on any atom is 0.194 e. The van der Waals surface area contributed by atoms with Crippen molar-refractivity contribution < 1.29 is 4.79 Å². The summed E-state index contributed by atoms with van der Waals surface area (Å²) in [6, 6.07) is 8.48. The molecule has 2 nitrogen and oxygen atoms in total. The van der Waals surface area contributed by atoms with E-state index in [1.54, 1.807) is 24.3 Å². The van der Waals surface area contributed by atoms with Gasteiger partial charge in [0.05, 0.1) is 24.8 Å². The highest BCUT2D eigenvalue weighted by molar-refractivity contribution is 9.13. The number of nitriles is 1. The number of carbonyl (C=O) groups excluding carboxylic acids is 1. The molecule has 2 aromatic rings. The average Bonchev–Trinajstić information content (AvgIpc) is 2.74. The molecular formula is C13H5Br2Cl2NOS. The van der Waals surface area contributed by atoms with Gasteiger partial charge in [-0.1, -0.05) is 29.3 Å². The summed E-state index contributed by atoms with van der Waals surface area (Å²) in [5.41, 5.74) is 0.535. The standard InChI is InChI=1S/C13H5Br2Cl2NOS/c14-8-4-11(20-13(8)15)12(19)7(5-18)6-1-2-9(16)10(17)3-6/h1-4,7H. The van der Waals surface area contributed by atoms with Crippen LogP contribution in [-0.2, 0) is 0 Å². The Morgan fingerprint density at radius 1 is 1.25 bits per heavy atom. The van der Waals surface area contributed by atoms with Gasteiger partial charge in [0.1, 0.15) is 5.92 Å². The number of benzene rings is 1. The molecule has 1 heterocycles. The number of hydrogen-bond acceptors (Lipinski definition) is 3. The molecule has 102 valence electrons. The number of nitrogens with zero attached hydrogens (tertiary/aromatic N) is 1. The van der Waals surface area contributed by atoms with Gasteiger partial charge in [0.2, 0.25) is 0 Å².